The van der Waals surface area contributed by atoms with Crippen molar-refractivity contribution in [3.8, 4) is 0 Å². The highest BCUT2D eigenvalue weighted by molar-refractivity contribution is 5.80. The van der Waals surface area contributed by atoms with Crippen molar-refractivity contribution in [3.05, 3.63) is 0 Å². The molecule has 14 heavy (non-hydrogen) atoms. The Balaban J connectivity index is 2.29. The Hall–Kier alpha value is -0.980. The SMILES string of the molecule is OC(CNC1=NCCCN1)C(F)(F)F. The zero-order valence-corrected chi connectivity index (χ0v) is 7.43. The quantitative estimate of drug-likeness (QED) is 0.595. The van der Waals surface area contributed by atoms with E-state index in [1.54, 1.807) is 0 Å². The summed E-state index contributed by atoms with van der Waals surface area (Å²) in [5.41, 5.74) is 0. The van der Waals surface area contributed by atoms with Crippen molar-refractivity contribution >= 4 is 5.96 Å². The van der Waals surface area contributed by atoms with Gasteiger partial charge in [0.25, 0.3) is 0 Å². The zero-order chi connectivity index (χ0) is 10.6. The van der Waals surface area contributed by atoms with Gasteiger partial charge in [-0.05, 0) is 6.42 Å². The van der Waals surface area contributed by atoms with Crippen molar-refractivity contribution in [2.75, 3.05) is 19.6 Å². The van der Waals surface area contributed by atoms with Gasteiger partial charge in [0.2, 0.25) is 0 Å². The van der Waals surface area contributed by atoms with Crippen molar-refractivity contribution < 1.29 is 18.3 Å². The highest BCUT2D eigenvalue weighted by Crippen LogP contribution is 2.19. The van der Waals surface area contributed by atoms with Crippen molar-refractivity contribution in [2.45, 2.75) is 18.7 Å². The summed E-state index contributed by atoms with van der Waals surface area (Å²) >= 11 is 0. The summed E-state index contributed by atoms with van der Waals surface area (Å²) in [4.78, 5) is 3.90. The van der Waals surface area contributed by atoms with Crippen LogP contribution in [0.2, 0.25) is 0 Å². The topological polar surface area (TPSA) is 56.6 Å². The normalized spacial score (nSPS) is 19.6. The number of aliphatic hydroxyl groups excluding tert-OH is 1. The number of halogens is 3. The molecule has 1 rings (SSSR count). The van der Waals surface area contributed by atoms with Gasteiger partial charge in [0.05, 0.1) is 6.54 Å². The minimum Gasteiger partial charge on any atom is -0.382 e. The first-order valence-corrected chi connectivity index (χ1v) is 4.27. The van der Waals surface area contributed by atoms with E-state index in [4.69, 9.17) is 5.11 Å². The lowest BCUT2D eigenvalue weighted by Gasteiger charge is -2.19. The maximum Gasteiger partial charge on any atom is 0.416 e. The second-order valence-electron chi connectivity index (χ2n) is 2.95. The van der Waals surface area contributed by atoms with Crippen LogP contribution in [-0.2, 0) is 0 Å². The number of aliphatic hydroxyl groups is 1. The van der Waals surface area contributed by atoms with Gasteiger partial charge >= 0.3 is 6.18 Å². The highest BCUT2D eigenvalue weighted by Gasteiger charge is 2.38. The van der Waals surface area contributed by atoms with E-state index in [0.29, 0.717) is 19.0 Å². The minimum atomic E-state index is -4.58. The van der Waals surface area contributed by atoms with E-state index >= 15 is 0 Å². The molecule has 0 fully saturated rings. The molecule has 0 aromatic heterocycles. The summed E-state index contributed by atoms with van der Waals surface area (Å²) in [5, 5.41) is 13.8. The molecule has 4 nitrogen and oxygen atoms in total. The van der Waals surface area contributed by atoms with Crippen LogP contribution < -0.4 is 10.6 Å². The summed E-state index contributed by atoms with van der Waals surface area (Å²) in [6.45, 7) is 0.709. The first-order chi connectivity index (χ1) is 6.50. The van der Waals surface area contributed by atoms with Crippen LogP contribution in [0.3, 0.4) is 0 Å². The Morgan fingerprint density at radius 1 is 1.57 bits per heavy atom. The Kier molecular flexibility index (Phi) is 3.56. The van der Waals surface area contributed by atoms with E-state index in [-0.39, 0.29) is 0 Å². The molecule has 0 aromatic carbocycles. The van der Waals surface area contributed by atoms with Gasteiger partial charge < -0.3 is 15.7 Å². The van der Waals surface area contributed by atoms with Gasteiger partial charge in [0, 0.05) is 13.1 Å². The van der Waals surface area contributed by atoms with Crippen molar-refractivity contribution in [1.29, 1.82) is 0 Å². The first kappa shape index (κ1) is 11.1. The average Bonchev–Trinajstić information content (AvgIpc) is 2.14. The second kappa shape index (κ2) is 4.50. The van der Waals surface area contributed by atoms with Crippen LogP contribution in [0.1, 0.15) is 6.42 Å². The molecule has 3 N–H and O–H groups in total. The fraction of sp³-hybridized carbons (Fsp3) is 0.857. The largest absolute Gasteiger partial charge is 0.416 e. The van der Waals surface area contributed by atoms with Crippen molar-refractivity contribution in [3.63, 3.8) is 0 Å². The van der Waals surface area contributed by atoms with Crippen molar-refractivity contribution in [2.24, 2.45) is 4.99 Å². The molecule has 0 aliphatic carbocycles. The Morgan fingerprint density at radius 2 is 2.29 bits per heavy atom. The first-order valence-electron chi connectivity index (χ1n) is 4.27. The van der Waals surface area contributed by atoms with E-state index in [1.807, 2.05) is 0 Å². The van der Waals surface area contributed by atoms with E-state index in [9.17, 15) is 13.2 Å². The number of guanidine groups is 1. The molecule has 82 valence electrons. The molecular weight excluding hydrogens is 199 g/mol. The van der Waals surface area contributed by atoms with Crippen LogP contribution in [0.5, 0.6) is 0 Å². The van der Waals surface area contributed by atoms with E-state index in [1.165, 1.54) is 0 Å². The Labute approximate surface area is 79.2 Å². The molecule has 0 aromatic rings. The third kappa shape index (κ3) is 3.41. The summed E-state index contributed by atoms with van der Waals surface area (Å²) in [6.07, 6.45) is -6.07. The monoisotopic (exact) mass is 211 g/mol. The molecule has 1 aliphatic rings. The summed E-state index contributed by atoms with van der Waals surface area (Å²) < 4.78 is 35.6. The maximum atomic E-state index is 11.9. The van der Waals surface area contributed by atoms with Crippen LogP contribution in [0.4, 0.5) is 13.2 Å². The maximum absolute atomic E-state index is 11.9. The molecule has 7 heteroatoms. The van der Waals surface area contributed by atoms with Gasteiger partial charge in [-0.2, -0.15) is 13.2 Å². The Bertz CT molecular complexity index is 217. The third-order valence-corrected chi connectivity index (χ3v) is 1.74. The standard InChI is InChI=1S/C7H12F3N3O/c8-7(9,10)5(14)4-13-6-11-2-1-3-12-6/h5,14H,1-4H2,(H2,11,12,13). The molecule has 1 unspecified atom stereocenters. The van der Waals surface area contributed by atoms with Crippen LogP contribution in [0.25, 0.3) is 0 Å². The smallest absolute Gasteiger partial charge is 0.382 e. The predicted molar refractivity (Wildman–Crippen MR) is 45.0 cm³/mol. The highest BCUT2D eigenvalue weighted by atomic mass is 19.4. The van der Waals surface area contributed by atoms with Crippen LogP contribution in [0.15, 0.2) is 4.99 Å². The number of rotatable bonds is 2. The van der Waals surface area contributed by atoms with Gasteiger partial charge in [-0.3, -0.25) is 4.99 Å². The molecule has 0 saturated carbocycles. The molecular formula is C7H12F3N3O. The minimum absolute atomic E-state index is 0.319. The van der Waals surface area contributed by atoms with Crippen molar-refractivity contribution in [1.82, 2.24) is 10.6 Å². The number of nitrogens with one attached hydrogen (secondary N) is 2. The fourth-order valence-corrected chi connectivity index (χ4v) is 0.960. The van der Waals surface area contributed by atoms with E-state index in [2.05, 4.69) is 15.6 Å². The predicted octanol–water partition coefficient (Wildman–Crippen LogP) is -0.152. The van der Waals surface area contributed by atoms with Gasteiger partial charge in [0.1, 0.15) is 0 Å². The van der Waals surface area contributed by atoms with Gasteiger partial charge in [-0.1, -0.05) is 0 Å². The average molecular weight is 211 g/mol. The molecule has 0 saturated heterocycles. The zero-order valence-electron chi connectivity index (χ0n) is 7.43. The molecule has 0 amide bonds. The fourth-order valence-electron chi connectivity index (χ4n) is 0.960. The molecule has 1 atom stereocenters. The molecule has 1 aliphatic heterocycles. The number of hydrogen-bond donors (Lipinski definition) is 3. The van der Waals surface area contributed by atoms with Gasteiger partial charge in [-0.15, -0.1) is 0 Å². The molecule has 0 bridgehead atoms. The van der Waals surface area contributed by atoms with Crippen LogP contribution in [-0.4, -0.2) is 43.0 Å². The van der Waals surface area contributed by atoms with Crippen LogP contribution >= 0.6 is 0 Å². The summed E-state index contributed by atoms with van der Waals surface area (Å²) in [5.74, 6) is 0.319. The number of aliphatic imine (C=N–C) groups is 1. The number of hydrogen-bond acceptors (Lipinski definition) is 4. The van der Waals surface area contributed by atoms with Crippen LogP contribution in [0, 0.1) is 0 Å². The Morgan fingerprint density at radius 3 is 2.79 bits per heavy atom. The third-order valence-electron chi connectivity index (χ3n) is 1.74. The number of nitrogens with zero attached hydrogens (tertiary/aromatic N) is 1. The number of alkyl halides is 3. The lowest BCUT2D eigenvalue weighted by molar-refractivity contribution is -0.201. The summed E-state index contributed by atoms with van der Waals surface area (Å²) in [7, 11) is 0. The lowest BCUT2D eigenvalue weighted by Crippen LogP contribution is -2.47. The molecule has 0 radical (unpaired) electrons. The van der Waals surface area contributed by atoms with Gasteiger partial charge in [-0.25, -0.2) is 0 Å². The van der Waals surface area contributed by atoms with Gasteiger partial charge in [0.15, 0.2) is 12.1 Å². The van der Waals surface area contributed by atoms with E-state index in [0.717, 1.165) is 6.42 Å². The molecule has 0 spiro atoms. The molecule has 1 heterocycles. The lowest BCUT2D eigenvalue weighted by atomic mass is 10.3. The summed E-state index contributed by atoms with van der Waals surface area (Å²) in [6, 6.07) is 0. The second-order valence-corrected chi connectivity index (χ2v) is 2.95. The van der Waals surface area contributed by atoms with E-state index < -0.39 is 18.8 Å².